The predicted molar refractivity (Wildman–Crippen MR) is 130 cm³/mol. The lowest BCUT2D eigenvalue weighted by atomic mass is 10.2. The molecular formula is C26H38N2O5. The normalized spacial score (nSPS) is 12.0. The summed E-state index contributed by atoms with van der Waals surface area (Å²) in [5.41, 5.74) is 0.985. The highest BCUT2D eigenvalue weighted by Gasteiger charge is 2.21. The maximum Gasteiger partial charge on any atom is 0.260 e. The summed E-state index contributed by atoms with van der Waals surface area (Å²) in [6.45, 7) is 11.5. The van der Waals surface area contributed by atoms with Crippen LogP contribution in [0.5, 0.6) is 17.2 Å². The molecular weight excluding hydrogens is 420 g/mol. The van der Waals surface area contributed by atoms with E-state index in [1.54, 1.807) is 0 Å². The molecule has 0 aliphatic rings. The van der Waals surface area contributed by atoms with Crippen molar-refractivity contribution < 1.29 is 24.1 Å². The summed E-state index contributed by atoms with van der Waals surface area (Å²) >= 11 is 0. The quantitative estimate of drug-likeness (QED) is 0.450. The van der Waals surface area contributed by atoms with E-state index in [9.17, 15) is 9.90 Å². The van der Waals surface area contributed by atoms with Gasteiger partial charge in [0, 0.05) is 25.2 Å². The minimum atomic E-state index is -0.630. The molecule has 2 aromatic carbocycles. The Balaban J connectivity index is 1.87. The van der Waals surface area contributed by atoms with Gasteiger partial charge in [0.15, 0.2) is 18.1 Å². The minimum Gasteiger partial charge on any atom is -0.491 e. The van der Waals surface area contributed by atoms with Crippen molar-refractivity contribution in [3.8, 4) is 17.2 Å². The van der Waals surface area contributed by atoms with Gasteiger partial charge in [0.05, 0.1) is 6.61 Å². The number of hydrogen-bond acceptors (Lipinski definition) is 6. The lowest BCUT2D eigenvalue weighted by molar-refractivity contribution is -0.137. The van der Waals surface area contributed by atoms with E-state index in [0.29, 0.717) is 31.2 Å². The van der Waals surface area contributed by atoms with Crippen LogP contribution in [0.3, 0.4) is 0 Å². The molecule has 2 aromatic rings. The Morgan fingerprint density at radius 2 is 1.67 bits per heavy atom. The fourth-order valence-corrected chi connectivity index (χ4v) is 3.59. The molecule has 1 amide bonds. The topological polar surface area (TPSA) is 80.3 Å². The molecule has 0 spiro atoms. The van der Waals surface area contributed by atoms with Crippen molar-refractivity contribution in [2.45, 2.75) is 59.4 Å². The molecule has 0 fully saturated rings. The number of carbonyl (C=O) groups excluding carboxylic acids is 1. The van der Waals surface area contributed by atoms with Crippen LogP contribution in [-0.2, 0) is 11.3 Å². The molecule has 0 saturated heterocycles. The molecule has 0 saturated carbocycles. The smallest absolute Gasteiger partial charge is 0.260 e. The second-order valence-electron chi connectivity index (χ2n) is 8.40. The van der Waals surface area contributed by atoms with Crippen LogP contribution in [0.4, 0.5) is 0 Å². The Kier molecular flexibility index (Phi) is 11.0. The van der Waals surface area contributed by atoms with Gasteiger partial charge in [-0.25, -0.2) is 0 Å². The molecule has 2 N–H and O–H groups in total. The van der Waals surface area contributed by atoms with Crippen molar-refractivity contribution in [2.75, 3.05) is 26.4 Å². The van der Waals surface area contributed by atoms with Gasteiger partial charge in [0.25, 0.3) is 5.91 Å². The minimum absolute atomic E-state index is 0.0400. The third-order valence-corrected chi connectivity index (χ3v) is 4.95. The van der Waals surface area contributed by atoms with E-state index in [1.165, 1.54) is 0 Å². The van der Waals surface area contributed by atoms with E-state index in [2.05, 4.69) is 5.32 Å². The van der Waals surface area contributed by atoms with E-state index < -0.39 is 6.10 Å². The van der Waals surface area contributed by atoms with Gasteiger partial charge in [-0.1, -0.05) is 24.3 Å². The van der Waals surface area contributed by atoms with Gasteiger partial charge >= 0.3 is 0 Å². The number of aliphatic hydroxyl groups is 1. The number of ether oxygens (including phenoxy) is 3. The van der Waals surface area contributed by atoms with Crippen molar-refractivity contribution in [3.05, 3.63) is 54.1 Å². The first-order valence-corrected chi connectivity index (χ1v) is 11.6. The van der Waals surface area contributed by atoms with Crippen molar-refractivity contribution in [2.24, 2.45) is 0 Å². The Morgan fingerprint density at radius 3 is 2.30 bits per heavy atom. The van der Waals surface area contributed by atoms with Gasteiger partial charge < -0.3 is 29.5 Å². The molecule has 0 radical (unpaired) electrons. The predicted octanol–water partition coefficient (Wildman–Crippen LogP) is 3.64. The molecule has 0 bridgehead atoms. The van der Waals surface area contributed by atoms with Crippen LogP contribution in [0.15, 0.2) is 48.5 Å². The number of rotatable bonds is 14. The summed E-state index contributed by atoms with van der Waals surface area (Å²) in [5.74, 6) is 1.81. The van der Waals surface area contributed by atoms with Gasteiger partial charge in [-0.05, 0) is 64.4 Å². The van der Waals surface area contributed by atoms with Crippen LogP contribution in [0.1, 0.15) is 40.2 Å². The van der Waals surface area contributed by atoms with Gasteiger partial charge in [0.1, 0.15) is 18.5 Å². The van der Waals surface area contributed by atoms with Crippen LogP contribution in [0.2, 0.25) is 0 Å². The van der Waals surface area contributed by atoms with Crippen molar-refractivity contribution in [3.63, 3.8) is 0 Å². The van der Waals surface area contributed by atoms with Gasteiger partial charge in [-0.15, -0.1) is 0 Å². The number of amides is 1. The Morgan fingerprint density at radius 1 is 0.970 bits per heavy atom. The number of nitrogens with zero attached hydrogens (tertiary/aromatic N) is 1. The molecule has 0 aliphatic carbocycles. The van der Waals surface area contributed by atoms with Crippen LogP contribution in [0.25, 0.3) is 0 Å². The highest BCUT2D eigenvalue weighted by Crippen LogP contribution is 2.28. The first-order chi connectivity index (χ1) is 15.8. The zero-order valence-corrected chi connectivity index (χ0v) is 20.4. The average molecular weight is 459 g/mol. The molecule has 1 unspecified atom stereocenters. The monoisotopic (exact) mass is 458 g/mol. The third-order valence-electron chi connectivity index (χ3n) is 4.95. The number of benzene rings is 2. The number of carbonyl (C=O) groups is 1. The number of para-hydroxylation sites is 1. The molecule has 0 aliphatic heterocycles. The van der Waals surface area contributed by atoms with Crippen molar-refractivity contribution in [1.29, 1.82) is 0 Å². The van der Waals surface area contributed by atoms with Gasteiger partial charge in [0.2, 0.25) is 0 Å². The first kappa shape index (κ1) is 26.5. The molecule has 7 nitrogen and oxygen atoms in total. The number of nitrogens with one attached hydrogen (secondary N) is 1. The molecule has 0 aromatic heterocycles. The maximum atomic E-state index is 12.6. The van der Waals surface area contributed by atoms with Gasteiger partial charge in [-0.3, -0.25) is 4.79 Å². The Hall–Kier alpha value is -2.77. The largest absolute Gasteiger partial charge is 0.491 e. The summed E-state index contributed by atoms with van der Waals surface area (Å²) in [5, 5.41) is 13.4. The molecule has 7 heteroatoms. The second kappa shape index (κ2) is 13.7. The van der Waals surface area contributed by atoms with Crippen molar-refractivity contribution in [1.82, 2.24) is 10.2 Å². The summed E-state index contributed by atoms with van der Waals surface area (Å²) < 4.78 is 17.1. The zero-order valence-electron chi connectivity index (χ0n) is 20.4. The fraction of sp³-hybridized carbons (Fsp3) is 0.500. The van der Waals surface area contributed by atoms with E-state index in [0.717, 1.165) is 11.3 Å². The first-order valence-electron chi connectivity index (χ1n) is 11.6. The molecule has 182 valence electrons. The lowest BCUT2D eigenvalue weighted by Gasteiger charge is -2.30. The molecule has 2 rings (SSSR count). The zero-order chi connectivity index (χ0) is 24.2. The average Bonchev–Trinajstić information content (AvgIpc) is 2.77. The molecule has 33 heavy (non-hydrogen) atoms. The number of aliphatic hydroxyl groups excluding tert-OH is 1. The van der Waals surface area contributed by atoms with Crippen LogP contribution in [-0.4, -0.2) is 60.5 Å². The summed E-state index contributed by atoms with van der Waals surface area (Å²) in [6, 6.07) is 15.3. The van der Waals surface area contributed by atoms with E-state index in [1.807, 2.05) is 88.0 Å². The summed E-state index contributed by atoms with van der Waals surface area (Å²) in [7, 11) is 0. The standard InChI is InChI=1S/C26H38N2O5/c1-6-31-25-14-21(15-27-16-22(29)17-32-23-10-8-7-9-11-23)12-13-24(25)33-18-26(30)28(19(2)3)20(4)5/h7-14,19-20,22,27,29H,6,15-18H2,1-5H3. The van der Waals surface area contributed by atoms with E-state index in [-0.39, 0.29) is 31.2 Å². The molecule has 0 heterocycles. The number of hydrogen-bond donors (Lipinski definition) is 2. The van der Waals surface area contributed by atoms with Crippen LogP contribution >= 0.6 is 0 Å². The Bertz CT molecular complexity index is 834. The molecule has 1 atom stereocenters. The third kappa shape index (κ3) is 8.94. The lowest BCUT2D eigenvalue weighted by Crippen LogP contribution is -2.44. The SMILES string of the molecule is CCOc1cc(CNCC(O)COc2ccccc2)ccc1OCC(=O)N(C(C)C)C(C)C. The summed E-state index contributed by atoms with van der Waals surface area (Å²) in [6.07, 6.45) is -0.630. The van der Waals surface area contributed by atoms with Crippen LogP contribution in [0, 0.1) is 0 Å². The van der Waals surface area contributed by atoms with Crippen molar-refractivity contribution >= 4 is 5.91 Å². The highest BCUT2D eigenvalue weighted by atomic mass is 16.5. The maximum absolute atomic E-state index is 12.6. The van der Waals surface area contributed by atoms with Gasteiger partial charge in [-0.2, -0.15) is 0 Å². The fourth-order valence-electron chi connectivity index (χ4n) is 3.59. The van der Waals surface area contributed by atoms with E-state index in [4.69, 9.17) is 14.2 Å². The highest BCUT2D eigenvalue weighted by molar-refractivity contribution is 5.78. The van der Waals surface area contributed by atoms with Crippen LogP contribution < -0.4 is 19.5 Å². The second-order valence-corrected chi connectivity index (χ2v) is 8.40. The Labute approximate surface area is 197 Å². The summed E-state index contributed by atoms with van der Waals surface area (Å²) in [4.78, 5) is 14.4. The van der Waals surface area contributed by atoms with E-state index >= 15 is 0 Å².